The largest absolute Gasteiger partial charge is 0.356 e. The number of para-hydroxylation sites is 2. The zero-order valence-corrected chi connectivity index (χ0v) is 16.6. The SMILES string of the molecule is CN=C(NCCCC(C)C)NCCc1nc2ccccc2[nH]1.I. The van der Waals surface area contributed by atoms with Gasteiger partial charge in [-0.25, -0.2) is 4.98 Å². The number of benzene rings is 1. The summed E-state index contributed by atoms with van der Waals surface area (Å²) >= 11 is 0. The number of nitrogens with zero attached hydrogens (tertiary/aromatic N) is 2. The number of aliphatic imine (C=N–C) groups is 1. The third kappa shape index (κ3) is 6.76. The first-order valence-electron chi connectivity index (χ1n) is 8.07. The molecule has 1 aromatic heterocycles. The van der Waals surface area contributed by atoms with E-state index in [-0.39, 0.29) is 24.0 Å². The van der Waals surface area contributed by atoms with Gasteiger partial charge in [0.1, 0.15) is 5.82 Å². The number of fused-ring (bicyclic) bond motifs is 1. The Hall–Kier alpha value is -1.31. The van der Waals surface area contributed by atoms with E-state index >= 15 is 0 Å². The van der Waals surface area contributed by atoms with Crippen LogP contribution in [0.4, 0.5) is 0 Å². The first kappa shape index (κ1) is 19.7. The van der Waals surface area contributed by atoms with Crippen molar-refractivity contribution in [3.05, 3.63) is 30.1 Å². The predicted molar refractivity (Wildman–Crippen MR) is 109 cm³/mol. The number of halogens is 1. The minimum atomic E-state index is 0. The Morgan fingerprint density at radius 1 is 1.22 bits per heavy atom. The summed E-state index contributed by atoms with van der Waals surface area (Å²) < 4.78 is 0. The van der Waals surface area contributed by atoms with Crippen molar-refractivity contribution < 1.29 is 0 Å². The van der Waals surface area contributed by atoms with Crippen LogP contribution < -0.4 is 10.6 Å². The zero-order chi connectivity index (χ0) is 15.8. The van der Waals surface area contributed by atoms with E-state index in [0.717, 1.165) is 48.2 Å². The Bertz CT molecular complexity index is 573. The molecule has 0 aliphatic carbocycles. The van der Waals surface area contributed by atoms with Crippen LogP contribution in [0.2, 0.25) is 0 Å². The van der Waals surface area contributed by atoms with Crippen LogP contribution in [-0.4, -0.2) is 36.1 Å². The van der Waals surface area contributed by atoms with Gasteiger partial charge < -0.3 is 15.6 Å². The van der Waals surface area contributed by atoms with Gasteiger partial charge >= 0.3 is 0 Å². The summed E-state index contributed by atoms with van der Waals surface area (Å²) in [5.74, 6) is 2.62. The number of rotatable bonds is 7. The second kappa shape index (κ2) is 10.5. The fraction of sp³-hybridized carbons (Fsp3) is 0.529. The van der Waals surface area contributed by atoms with Gasteiger partial charge in [-0.3, -0.25) is 4.99 Å². The van der Waals surface area contributed by atoms with E-state index in [1.165, 1.54) is 12.8 Å². The molecule has 23 heavy (non-hydrogen) atoms. The third-order valence-corrected chi connectivity index (χ3v) is 3.57. The lowest BCUT2D eigenvalue weighted by atomic mass is 10.1. The van der Waals surface area contributed by atoms with Gasteiger partial charge in [-0.15, -0.1) is 24.0 Å². The Kier molecular flexibility index (Phi) is 8.98. The minimum absolute atomic E-state index is 0. The molecule has 2 rings (SSSR count). The van der Waals surface area contributed by atoms with Gasteiger partial charge in [0.05, 0.1) is 11.0 Å². The molecule has 0 aliphatic heterocycles. The summed E-state index contributed by atoms with van der Waals surface area (Å²) in [6, 6.07) is 8.10. The lowest BCUT2D eigenvalue weighted by Crippen LogP contribution is -2.38. The van der Waals surface area contributed by atoms with Gasteiger partial charge in [0, 0.05) is 26.6 Å². The second-order valence-corrected chi connectivity index (χ2v) is 5.91. The summed E-state index contributed by atoms with van der Waals surface area (Å²) in [7, 11) is 1.80. The summed E-state index contributed by atoms with van der Waals surface area (Å²) in [5.41, 5.74) is 2.11. The van der Waals surface area contributed by atoms with Crippen molar-refractivity contribution in [1.29, 1.82) is 0 Å². The van der Waals surface area contributed by atoms with Crippen LogP contribution in [0.1, 0.15) is 32.5 Å². The summed E-state index contributed by atoms with van der Waals surface area (Å²) in [5, 5.41) is 6.68. The Morgan fingerprint density at radius 2 is 1.96 bits per heavy atom. The number of aromatic nitrogens is 2. The molecule has 0 spiro atoms. The van der Waals surface area contributed by atoms with Crippen LogP contribution in [0.3, 0.4) is 0 Å². The molecule has 5 nitrogen and oxygen atoms in total. The highest BCUT2D eigenvalue weighted by Gasteiger charge is 2.03. The Labute approximate surface area is 155 Å². The lowest BCUT2D eigenvalue weighted by molar-refractivity contribution is 0.549. The van der Waals surface area contributed by atoms with E-state index in [1.807, 2.05) is 18.2 Å². The molecule has 0 unspecified atom stereocenters. The van der Waals surface area contributed by atoms with Crippen LogP contribution in [0.15, 0.2) is 29.3 Å². The Balaban J connectivity index is 0.00000264. The first-order chi connectivity index (χ1) is 10.7. The first-order valence-corrected chi connectivity index (χ1v) is 8.07. The molecule has 2 aromatic rings. The van der Waals surface area contributed by atoms with E-state index in [0.29, 0.717) is 0 Å². The highest BCUT2D eigenvalue weighted by Crippen LogP contribution is 2.10. The van der Waals surface area contributed by atoms with Crippen molar-refractivity contribution in [2.45, 2.75) is 33.1 Å². The van der Waals surface area contributed by atoms with Gasteiger partial charge in [0.25, 0.3) is 0 Å². The third-order valence-electron chi connectivity index (χ3n) is 3.57. The van der Waals surface area contributed by atoms with Gasteiger partial charge in [0.2, 0.25) is 0 Å². The molecule has 0 amide bonds. The number of H-pyrrole nitrogens is 1. The zero-order valence-electron chi connectivity index (χ0n) is 14.2. The maximum atomic E-state index is 4.57. The summed E-state index contributed by atoms with van der Waals surface area (Å²) in [6.07, 6.45) is 3.26. The monoisotopic (exact) mass is 429 g/mol. The normalized spacial score (nSPS) is 11.6. The molecule has 0 fully saturated rings. The molecule has 0 atom stereocenters. The van der Waals surface area contributed by atoms with Gasteiger partial charge in [-0.05, 0) is 30.9 Å². The summed E-state index contributed by atoms with van der Waals surface area (Å²) in [4.78, 5) is 12.2. The van der Waals surface area contributed by atoms with Crippen molar-refractivity contribution in [1.82, 2.24) is 20.6 Å². The van der Waals surface area contributed by atoms with Gasteiger partial charge in [-0.1, -0.05) is 26.0 Å². The molecule has 3 N–H and O–H groups in total. The molecular weight excluding hydrogens is 401 g/mol. The quantitative estimate of drug-likeness (QED) is 0.274. The number of nitrogens with one attached hydrogen (secondary N) is 3. The smallest absolute Gasteiger partial charge is 0.190 e. The standard InChI is InChI=1S/C17H27N5.HI/c1-13(2)7-6-11-19-17(18-3)20-12-10-16-21-14-8-4-5-9-15(14)22-16;/h4-5,8-9,13H,6-7,10-12H2,1-3H3,(H,21,22)(H2,18,19,20);1H. The fourth-order valence-corrected chi connectivity index (χ4v) is 2.36. The van der Waals surface area contributed by atoms with Crippen molar-refractivity contribution in [2.75, 3.05) is 20.1 Å². The van der Waals surface area contributed by atoms with Gasteiger partial charge in [0.15, 0.2) is 5.96 Å². The number of imidazole rings is 1. The number of aromatic amines is 1. The van der Waals surface area contributed by atoms with Crippen LogP contribution in [0.25, 0.3) is 11.0 Å². The van der Waals surface area contributed by atoms with Crippen LogP contribution >= 0.6 is 24.0 Å². The molecular formula is C17H28IN5. The van der Waals surface area contributed by atoms with Crippen molar-refractivity contribution in [3.8, 4) is 0 Å². The average Bonchev–Trinajstić information content (AvgIpc) is 2.92. The van der Waals surface area contributed by atoms with Crippen molar-refractivity contribution in [3.63, 3.8) is 0 Å². The number of hydrogen-bond acceptors (Lipinski definition) is 2. The van der Waals surface area contributed by atoms with Crippen molar-refractivity contribution in [2.24, 2.45) is 10.9 Å². The maximum Gasteiger partial charge on any atom is 0.190 e. The minimum Gasteiger partial charge on any atom is -0.356 e. The second-order valence-electron chi connectivity index (χ2n) is 5.91. The molecule has 0 bridgehead atoms. The number of guanidine groups is 1. The topological polar surface area (TPSA) is 65.1 Å². The molecule has 0 aliphatic rings. The number of hydrogen-bond donors (Lipinski definition) is 3. The molecule has 0 saturated carbocycles. The molecule has 1 aromatic carbocycles. The molecule has 128 valence electrons. The van der Waals surface area contributed by atoms with E-state index < -0.39 is 0 Å². The average molecular weight is 429 g/mol. The van der Waals surface area contributed by atoms with E-state index in [4.69, 9.17) is 0 Å². The summed E-state index contributed by atoms with van der Waals surface area (Å²) in [6.45, 7) is 6.27. The van der Waals surface area contributed by atoms with Crippen LogP contribution in [0.5, 0.6) is 0 Å². The maximum absolute atomic E-state index is 4.57. The molecule has 1 heterocycles. The fourth-order valence-electron chi connectivity index (χ4n) is 2.36. The molecule has 0 radical (unpaired) electrons. The molecule has 0 saturated heterocycles. The predicted octanol–water partition coefficient (Wildman–Crippen LogP) is 3.32. The van der Waals surface area contributed by atoms with Crippen LogP contribution in [-0.2, 0) is 6.42 Å². The van der Waals surface area contributed by atoms with Crippen LogP contribution in [0, 0.1) is 5.92 Å². The Morgan fingerprint density at radius 3 is 2.65 bits per heavy atom. The highest BCUT2D eigenvalue weighted by molar-refractivity contribution is 14.0. The van der Waals surface area contributed by atoms with E-state index in [1.54, 1.807) is 7.05 Å². The van der Waals surface area contributed by atoms with E-state index in [2.05, 4.69) is 45.5 Å². The van der Waals surface area contributed by atoms with Crippen molar-refractivity contribution >= 4 is 41.0 Å². The van der Waals surface area contributed by atoms with E-state index in [9.17, 15) is 0 Å². The van der Waals surface area contributed by atoms with Gasteiger partial charge in [-0.2, -0.15) is 0 Å². The molecule has 6 heteroatoms. The lowest BCUT2D eigenvalue weighted by Gasteiger charge is -2.11. The highest BCUT2D eigenvalue weighted by atomic mass is 127.